The number of allylic oxidation sites excluding steroid dienone is 4. The molecule has 0 amide bonds. The molecule has 0 nitrogen and oxygen atoms in total. The van der Waals surface area contributed by atoms with E-state index in [0.29, 0.717) is 0 Å². The van der Waals surface area contributed by atoms with Crippen LogP contribution in [0.2, 0.25) is 0 Å². The molecule has 0 saturated heterocycles. The van der Waals surface area contributed by atoms with Crippen LogP contribution in [-0.2, 0) is 0 Å². The maximum atomic E-state index is 2.64. The molecule has 0 radical (unpaired) electrons. The first-order chi connectivity index (χ1) is 13.3. The lowest BCUT2D eigenvalue weighted by atomic mass is 9.77. The van der Waals surface area contributed by atoms with Crippen molar-refractivity contribution < 1.29 is 0 Å². The van der Waals surface area contributed by atoms with Crippen LogP contribution < -0.4 is 0 Å². The largest absolute Gasteiger partial charge is 0.0849 e. The molecule has 4 unspecified atom stereocenters. The minimum Gasteiger partial charge on any atom is -0.0849 e. The van der Waals surface area contributed by atoms with Crippen LogP contribution in [0.1, 0.15) is 82.6 Å². The van der Waals surface area contributed by atoms with E-state index >= 15 is 0 Å². The summed E-state index contributed by atoms with van der Waals surface area (Å²) in [5.41, 5.74) is 1.56. The van der Waals surface area contributed by atoms with Crippen LogP contribution in [0.5, 0.6) is 0 Å². The van der Waals surface area contributed by atoms with Gasteiger partial charge in [-0.3, -0.25) is 0 Å². The summed E-state index contributed by atoms with van der Waals surface area (Å²) in [6.07, 6.45) is 24.6. The van der Waals surface area contributed by atoms with Gasteiger partial charge in [0.2, 0.25) is 0 Å². The Morgan fingerprint density at radius 3 is 1.81 bits per heavy atom. The predicted octanol–water partition coefficient (Wildman–Crippen LogP) is 7.93. The Morgan fingerprint density at radius 1 is 0.593 bits per heavy atom. The number of hydrogen-bond donors (Lipinski definition) is 0. The first-order valence-corrected chi connectivity index (χ1v) is 11.7. The lowest BCUT2D eigenvalue weighted by Crippen LogP contribution is -2.17. The highest BCUT2D eigenvalue weighted by atomic mass is 14.3. The zero-order valence-corrected chi connectivity index (χ0v) is 17.2. The average Bonchev–Trinajstić information content (AvgIpc) is 3.35. The summed E-state index contributed by atoms with van der Waals surface area (Å²) in [4.78, 5) is 0. The van der Waals surface area contributed by atoms with Crippen molar-refractivity contribution in [1.29, 1.82) is 0 Å². The van der Waals surface area contributed by atoms with E-state index in [9.17, 15) is 0 Å². The van der Waals surface area contributed by atoms with E-state index in [2.05, 4.69) is 61.6 Å². The monoisotopic (exact) mass is 362 g/mol. The second-order valence-corrected chi connectivity index (χ2v) is 9.57. The van der Waals surface area contributed by atoms with Crippen molar-refractivity contribution in [3.8, 4) is 0 Å². The predicted molar refractivity (Wildman–Crippen MR) is 117 cm³/mol. The van der Waals surface area contributed by atoms with E-state index in [0.717, 1.165) is 35.5 Å². The molecular formula is C27H38. The smallest absolute Gasteiger partial charge is 0.00990 e. The molecule has 27 heavy (non-hydrogen) atoms. The number of rotatable bonds is 5. The molecule has 6 atom stereocenters. The minimum absolute atomic E-state index is 0.749. The van der Waals surface area contributed by atoms with Crippen LogP contribution in [0, 0.1) is 29.6 Å². The average molecular weight is 363 g/mol. The Hall–Kier alpha value is -1.30. The third kappa shape index (κ3) is 4.76. The van der Waals surface area contributed by atoms with E-state index in [1.807, 2.05) is 0 Å². The van der Waals surface area contributed by atoms with Gasteiger partial charge in [-0.05, 0) is 73.2 Å². The van der Waals surface area contributed by atoms with Gasteiger partial charge in [0.1, 0.15) is 0 Å². The SMILES string of the molecule is CC1CCCC1/C=C/[C@@H]1CCCC[C@H]1/C=C/C1CCCC1c1ccccc1. The highest BCUT2D eigenvalue weighted by Crippen LogP contribution is 2.42. The van der Waals surface area contributed by atoms with Gasteiger partial charge >= 0.3 is 0 Å². The van der Waals surface area contributed by atoms with Gasteiger partial charge in [0.05, 0.1) is 0 Å². The van der Waals surface area contributed by atoms with Crippen LogP contribution in [0.4, 0.5) is 0 Å². The van der Waals surface area contributed by atoms with E-state index in [-0.39, 0.29) is 0 Å². The van der Waals surface area contributed by atoms with Gasteiger partial charge in [-0.15, -0.1) is 0 Å². The van der Waals surface area contributed by atoms with Crippen molar-refractivity contribution in [2.75, 3.05) is 0 Å². The molecule has 3 aliphatic carbocycles. The fourth-order valence-electron chi connectivity index (χ4n) is 6.03. The number of benzene rings is 1. The normalized spacial score (nSPS) is 37.5. The van der Waals surface area contributed by atoms with Gasteiger partial charge in [-0.2, -0.15) is 0 Å². The molecule has 3 aliphatic rings. The van der Waals surface area contributed by atoms with Crippen LogP contribution in [-0.4, -0.2) is 0 Å². The topological polar surface area (TPSA) is 0 Å². The van der Waals surface area contributed by atoms with E-state index in [1.54, 1.807) is 5.56 Å². The molecule has 0 spiro atoms. The zero-order chi connectivity index (χ0) is 18.5. The molecular weight excluding hydrogens is 324 g/mol. The summed E-state index contributed by atoms with van der Waals surface area (Å²) in [6, 6.07) is 11.2. The second kappa shape index (κ2) is 9.26. The van der Waals surface area contributed by atoms with Gasteiger partial charge in [-0.1, -0.05) is 93.7 Å². The molecule has 0 bridgehead atoms. The molecule has 0 N–H and O–H groups in total. The lowest BCUT2D eigenvalue weighted by molar-refractivity contribution is 0.333. The molecule has 0 aliphatic heterocycles. The van der Waals surface area contributed by atoms with Gasteiger partial charge in [-0.25, -0.2) is 0 Å². The quantitative estimate of drug-likeness (QED) is 0.466. The summed E-state index contributed by atoms with van der Waals surface area (Å²) in [5, 5.41) is 0. The Morgan fingerprint density at radius 2 is 1.15 bits per heavy atom. The van der Waals surface area contributed by atoms with Crippen LogP contribution >= 0.6 is 0 Å². The van der Waals surface area contributed by atoms with E-state index in [1.165, 1.54) is 64.2 Å². The summed E-state index contributed by atoms with van der Waals surface area (Å²) >= 11 is 0. The van der Waals surface area contributed by atoms with Gasteiger partial charge in [0.25, 0.3) is 0 Å². The van der Waals surface area contributed by atoms with E-state index < -0.39 is 0 Å². The highest BCUT2D eigenvalue weighted by Gasteiger charge is 2.28. The van der Waals surface area contributed by atoms with Crippen molar-refractivity contribution in [3.05, 3.63) is 60.2 Å². The summed E-state index contributed by atoms with van der Waals surface area (Å²) in [5.74, 6) is 4.84. The zero-order valence-electron chi connectivity index (χ0n) is 17.2. The van der Waals surface area contributed by atoms with Crippen LogP contribution in [0.25, 0.3) is 0 Å². The molecule has 146 valence electrons. The standard InChI is InChI=1S/C27H38/c1-21-9-7-14-22(21)17-18-23-10-5-6-11-24(23)19-20-26-15-8-16-27(26)25-12-3-2-4-13-25/h2-4,12-13,17-24,26-27H,5-11,14-16H2,1H3/b18-17+,20-19+/t21?,22?,23-,24-,26?,27?/m0/s1. The molecule has 0 heteroatoms. The van der Waals surface area contributed by atoms with Gasteiger partial charge < -0.3 is 0 Å². The Labute approximate surface area is 167 Å². The van der Waals surface area contributed by atoms with Crippen molar-refractivity contribution in [3.63, 3.8) is 0 Å². The van der Waals surface area contributed by atoms with Crippen molar-refractivity contribution in [1.82, 2.24) is 0 Å². The second-order valence-electron chi connectivity index (χ2n) is 9.57. The maximum Gasteiger partial charge on any atom is -0.00990 e. The maximum absolute atomic E-state index is 2.64. The van der Waals surface area contributed by atoms with E-state index in [4.69, 9.17) is 0 Å². The first kappa shape index (κ1) is 19.0. The Balaban J connectivity index is 1.40. The third-order valence-corrected chi connectivity index (χ3v) is 7.81. The molecule has 1 aromatic carbocycles. The Bertz CT molecular complexity index is 625. The molecule has 0 aromatic heterocycles. The third-order valence-electron chi connectivity index (χ3n) is 7.81. The van der Waals surface area contributed by atoms with Crippen molar-refractivity contribution in [2.45, 2.75) is 77.0 Å². The summed E-state index contributed by atoms with van der Waals surface area (Å²) in [7, 11) is 0. The molecule has 3 saturated carbocycles. The van der Waals surface area contributed by atoms with Crippen LogP contribution in [0.3, 0.4) is 0 Å². The lowest BCUT2D eigenvalue weighted by Gasteiger charge is -2.28. The Kier molecular flexibility index (Phi) is 6.53. The summed E-state index contributed by atoms with van der Waals surface area (Å²) < 4.78 is 0. The molecule has 1 aromatic rings. The highest BCUT2D eigenvalue weighted by molar-refractivity contribution is 5.23. The van der Waals surface area contributed by atoms with Gasteiger partial charge in [0.15, 0.2) is 0 Å². The fourth-order valence-corrected chi connectivity index (χ4v) is 6.03. The molecule has 0 heterocycles. The minimum atomic E-state index is 0.749. The number of hydrogen-bond acceptors (Lipinski definition) is 0. The van der Waals surface area contributed by atoms with Crippen molar-refractivity contribution in [2.24, 2.45) is 29.6 Å². The van der Waals surface area contributed by atoms with Gasteiger partial charge in [0, 0.05) is 0 Å². The van der Waals surface area contributed by atoms with Crippen LogP contribution in [0.15, 0.2) is 54.6 Å². The molecule has 3 fully saturated rings. The fraction of sp³-hybridized carbons (Fsp3) is 0.630. The molecule has 4 rings (SSSR count). The summed E-state index contributed by atoms with van der Waals surface area (Å²) in [6.45, 7) is 2.45. The first-order valence-electron chi connectivity index (χ1n) is 11.7. The van der Waals surface area contributed by atoms with Crippen molar-refractivity contribution >= 4 is 0 Å².